The van der Waals surface area contributed by atoms with Crippen LogP contribution in [0.2, 0.25) is 0 Å². The molecule has 0 amide bonds. The van der Waals surface area contributed by atoms with E-state index >= 15 is 0 Å². The van der Waals surface area contributed by atoms with E-state index in [1.807, 2.05) is 68.6 Å². The van der Waals surface area contributed by atoms with Crippen molar-refractivity contribution in [1.29, 1.82) is 0 Å². The summed E-state index contributed by atoms with van der Waals surface area (Å²) in [6.45, 7) is 3.85. The number of pyridine rings is 2. The van der Waals surface area contributed by atoms with Gasteiger partial charge in [-0.05, 0) is 43.3 Å². The fourth-order valence-corrected chi connectivity index (χ4v) is 3.31. The standard InChI is InChI=1S/C21H16N4O/c1-13-6-5-7-17(22-13)20-21(25-11-4-3-8-19(25)24-20)15-9-10-16-18(12-15)26-14(2)23-16/h3-12H,1-2H3. The zero-order chi connectivity index (χ0) is 17.7. The van der Waals surface area contributed by atoms with Gasteiger partial charge in [0.05, 0.1) is 11.4 Å². The van der Waals surface area contributed by atoms with Gasteiger partial charge in [0.2, 0.25) is 0 Å². The first-order valence-electron chi connectivity index (χ1n) is 8.48. The Morgan fingerprint density at radius 2 is 1.81 bits per heavy atom. The highest BCUT2D eigenvalue weighted by Gasteiger charge is 2.18. The van der Waals surface area contributed by atoms with Gasteiger partial charge in [-0.1, -0.05) is 18.2 Å². The largest absolute Gasteiger partial charge is 0.441 e. The Morgan fingerprint density at radius 1 is 0.885 bits per heavy atom. The van der Waals surface area contributed by atoms with E-state index in [-0.39, 0.29) is 0 Å². The molecule has 0 saturated carbocycles. The Bertz CT molecular complexity index is 1270. The Labute approximate surface area is 150 Å². The van der Waals surface area contributed by atoms with E-state index in [4.69, 9.17) is 9.40 Å². The summed E-state index contributed by atoms with van der Waals surface area (Å²) in [6, 6.07) is 18.0. The van der Waals surface area contributed by atoms with Crippen molar-refractivity contribution >= 4 is 16.7 Å². The van der Waals surface area contributed by atoms with E-state index in [1.165, 1.54) is 0 Å². The molecule has 0 atom stereocenters. The highest BCUT2D eigenvalue weighted by atomic mass is 16.3. The van der Waals surface area contributed by atoms with Crippen molar-refractivity contribution < 1.29 is 4.42 Å². The molecule has 26 heavy (non-hydrogen) atoms. The lowest BCUT2D eigenvalue weighted by Crippen LogP contribution is -1.91. The number of benzene rings is 1. The second kappa shape index (κ2) is 5.52. The predicted molar refractivity (Wildman–Crippen MR) is 101 cm³/mol. The molecule has 5 nitrogen and oxygen atoms in total. The van der Waals surface area contributed by atoms with Gasteiger partial charge in [0, 0.05) is 24.4 Å². The third-order valence-electron chi connectivity index (χ3n) is 4.43. The lowest BCUT2D eigenvalue weighted by atomic mass is 10.1. The van der Waals surface area contributed by atoms with Crippen LogP contribution in [0, 0.1) is 13.8 Å². The van der Waals surface area contributed by atoms with Crippen LogP contribution >= 0.6 is 0 Å². The molecule has 1 aromatic carbocycles. The average molecular weight is 340 g/mol. The van der Waals surface area contributed by atoms with E-state index in [0.717, 1.165) is 45.1 Å². The van der Waals surface area contributed by atoms with E-state index in [9.17, 15) is 0 Å². The van der Waals surface area contributed by atoms with Crippen LogP contribution in [0.25, 0.3) is 39.4 Å². The van der Waals surface area contributed by atoms with Gasteiger partial charge in [-0.2, -0.15) is 0 Å². The monoisotopic (exact) mass is 340 g/mol. The molecule has 0 unspecified atom stereocenters. The number of rotatable bonds is 2. The van der Waals surface area contributed by atoms with Crippen LogP contribution < -0.4 is 0 Å². The molecule has 0 N–H and O–H groups in total. The molecule has 0 bridgehead atoms. The number of imidazole rings is 1. The number of nitrogens with zero attached hydrogens (tertiary/aromatic N) is 4. The molecule has 4 heterocycles. The number of aryl methyl sites for hydroxylation is 2. The summed E-state index contributed by atoms with van der Waals surface area (Å²) in [5.74, 6) is 0.663. The van der Waals surface area contributed by atoms with Crippen LogP contribution in [0.1, 0.15) is 11.6 Å². The average Bonchev–Trinajstić information content (AvgIpc) is 3.20. The van der Waals surface area contributed by atoms with Gasteiger partial charge in [0.1, 0.15) is 16.9 Å². The lowest BCUT2D eigenvalue weighted by Gasteiger charge is -2.06. The second-order valence-electron chi connectivity index (χ2n) is 6.32. The summed E-state index contributed by atoms with van der Waals surface area (Å²) in [5.41, 5.74) is 7.21. The minimum Gasteiger partial charge on any atom is -0.441 e. The van der Waals surface area contributed by atoms with Gasteiger partial charge in [-0.25, -0.2) is 9.97 Å². The topological polar surface area (TPSA) is 56.2 Å². The smallest absolute Gasteiger partial charge is 0.192 e. The number of aromatic nitrogens is 4. The molecule has 0 aliphatic heterocycles. The van der Waals surface area contributed by atoms with Gasteiger partial charge in [0.15, 0.2) is 11.5 Å². The van der Waals surface area contributed by atoms with Crippen molar-refractivity contribution in [3.05, 3.63) is 72.4 Å². The molecule has 0 fully saturated rings. The molecule has 126 valence electrons. The van der Waals surface area contributed by atoms with Crippen LogP contribution in [0.5, 0.6) is 0 Å². The van der Waals surface area contributed by atoms with E-state index in [0.29, 0.717) is 5.89 Å². The fraction of sp³-hybridized carbons (Fsp3) is 0.0952. The first kappa shape index (κ1) is 14.8. The van der Waals surface area contributed by atoms with Gasteiger partial charge >= 0.3 is 0 Å². The normalized spacial score (nSPS) is 11.5. The molecule has 4 aromatic heterocycles. The molecular weight excluding hydrogens is 324 g/mol. The molecule has 0 radical (unpaired) electrons. The summed E-state index contributed by atoms with van der Waals surface area (Å²) >= 11 is 0. The first-order valence-corrected chi connectivity index (χ1v) is 8.48. The molecule has 0 spiro atoms. The van der Waals surface area contributed by atoms with Gasteiger partial charge in [0.25, 0.3) is 0 Å². The molecule has 0 aliphatic rings. The predicted octanol–water partition coefficient (Wildman–Crippen LogP) is 4.82. The molecule has 5 rings (SSSR count). The minimum atomic E-state index is 0.663. The zero-order valence-electron chi connectivity index (χ0n) is 14.5. The van der Waals surface area contributed by atoms with Crippen LogP contribution in [-0.2, 0) is 0 Å². The van der Waals surface area contributed by atoms with Crippen molar-refractivity contribution in [3.63, 3.8) is 0 Å². The number of oxazole rings is 1. The summed E-state index contributed by atoms with van der Waals surface area (Å²) in [5, 5.41) is 0. The van der Waals surface area contributed by atoms with Gasteiger partial charge < -0.3 is 4.42 Å². The van der Waals surface area contributed by atoms with Crippen LogP contribution in [0.4, 0.5) is 0 Å². The third-order valence-corrected chi connectivity index (χ3v) is 4.43. The maximum Gasteiger partial charge on any atom is 0.192 e. The molecule has 5 heteroatoms. The third kappa shape index (κ3) is 2.29. The summed E-state index contributed by atoms with van der Waals surface area (Å²) in [4.78, 5) is 13.9. The van der Waals surface area contributed by atoms with E-state index in [1.54, 1.807) is 0 Å². The molecule has 0 aliphatic carbocycles. The minimum absolute atomic E-state index is 0.663. The Kier molecular flexibility index (Phi) is 3.15. The summed E-state index contributed by atoms with van der Waals surface area (Å²) < 4.78 is 7.81. The van der Waals surface area contributed by atoms with Crippen molar-refractivity contribution in [1.82, 2.24) is 19.4 Å². The SMILES string of the molecule is Cc1cccc(-c2nc3ccccn3c2-c2ccc3nc(C)oc3c2)n1. The van der Waals surface area contributed by atoms with E-state index < -0.39 is 0 Å². The Balaban J connectivity index is 1.83. The lowest BCUT2D eigenvalue weighted by molar-refractivity contribution is 0.561. The van der Waals surface area contributed by atoms with Crippen molar-refractivity contribution in [3.8, 4) is 22.6 Å². The maximum atomic E-state index is 5.73. The number of fused-ring (bicyclic) bond motifs is 2. The van der Waals surface area contributed by atoms with Crippen LogP contribution in [0.3, 0.4) is 0 Å². The number of hydrogen-bond acceptors (Lipinski definition) is 4. The van der Waals surface area contributed by atoms with Gasteiger partial charge in [-0.15, -0.1) is 0 Å². The Morgan fingerprint density at radius 3 is 2.69 bits per heavy atom. The second-order valence-corrected chi connectivity index (χ2v) is 6.32. The molecular formula is C21H16N4O. The van der Waals surface area contributed by atoms with E-state index in [2.05, 4.69) is 20.4 Å². The van der Waals surface area contributed by atoms with Crippen molar-refractivity contribution in [2.75, 3.05) is 0 Å². The first-order chi connectivity index (χ1) is 12.7. The fourth-order valence-electron chi connectivity index (χ4n) is 3.31. The Hall–Kier alpha value is -3.47. The van der Waals surface area contributed by atoms with Crippen molar-refractivity contribution in [2.45, 2.75) is 13.8 Å². The molecule has 5 aromatic rings. The van der Waals surface area contributed by atoms with Crippen molar-refractivity contribution in [2.24, 2.45) is 0 Å². The van der Waals surface area contributed by atoms with Crippen LogP contribution in [0.15, 0.2) is 65.2 Å². The number of hydrogen-bond donors (Lipinski definition) is 0. The quantitative estimate of drug-likeness (QED) is 0.462. The summed E-state index contributed by atoms with van der Waals surface area (Å²) in [7, 11) is 0. The van der Waals surface area contributed by atoms with Crippen LogP contribution in [-0.4, -0.2) is 19.4 Å². The van der Waals surface area contributed by atoms with Gasteiger partial charge in [-0.3, -0.25) is 9.38 Å². The zero-order valence-corrected chi connectivity index (χ0v) is 14.5. The highest BCUT2D eigenvalue weighted by Crippen LogP contribution is 2.33. The summed E-state index contributed by atoms with van der Waals surface area (Å²) in [6.07, 6.45) is 2.02. The maximum absolute atomic E-state index is 5.73. The highest BCUT2D eigenvalue weighted by molar-refractivity contribution is 5.86. The molecule has 0 saturated heterocycles.